The first-order valence-electron chi connectivity index (χ1n) is 8.28. The molecular weight excluding hydrogens is 260 g/mol. The number of piperidine rings is 1. The van der Waals surface area contributed by atoms with Crippen LogP contribution in [0.1, 0.15) is 51.1 Å². The smallest absolute Gasteiger partial charge is 0.225 e. The summed E-state index contributed by atoms with van der Waals surface area (Å²) in [6.45, 7) is 5.47. The first-order valence-corrected chi connectivity index (χ1v) is 8.28. The molecule has 1 aromatic rings. The van der Waals surface area contributed by atoms with Gasteiger partial charge in [-0.2, -0.15) is 0 Å². The Balaban J connectivity index is 1.63. The lowest BCUT2D eigenvalue weighted by Crippen LogP contribution is -2.42. The van der Waals surface area contributed by atoms with Gasteiger partial charge >= 0.3 is 0 Å². The van der Waals surface area contributed by atoms with Gasteiger partial charge in [0.25, 0.3) is 0 Å². The summed E-state index contributed by atoms with van der Waals surface area (Å²) in [6.07, 6.45) is 4.91. The molecule has 4 unspecified atom stereocenters. The molecule has 3 nitrogen and oxygen atoms in total. The minimum atomic E-state index is 0.0866. The van der Waals surface area contributed by atoms with E-state index in [-0.39, 0.29) is 17.9 Å². The van der Waals surface area contributed by atoms with Crippen molar-refractivity contribution in [3.05, 3.63) is 35.9 Å². The third-order valence-electron chi connectivity index (χ3n) is 5.30. The van der Waals surface area contributed by atoms with Gasteiger partial charge in [-0.1, -0.05) is 36.8 Å². The molecule has 2 saturated heterocycles. The summed E-state index contributed by atoms with van der Waals surface area (Å²) in [4.78, 5) is 15.2. The highest BCUT2D eigenvalue weighted by molar-refractivity contribution is 5.80. The van der Waals surface area contributed by atoms with Gasteiger partial charge in [-0.25, -0.2) is 0 Å². The maximum Gasteiger partial charge on any atom is 0.225 e. The predicted molar refractivity (Wildman–Crippen MR) is 84.9 cm³/mol. The van der Waals surface area contributed by atoms with Crippen LogP contribution in [0, 0.1) is 5.92 Å². The highest BCUT2D eigenvalue weighted by atomic mass is 16.2. The summed E-state index contributed by atoms with van der Waals surface area (Å²) in [7, 11) is 0. The van der Waals surface area contributed by atoms with Crippen LogP contribution in [-0.4, -0.2) is 29.4 Å². The number of rotatable bonds is 3. The molecule has 0 aliphatic carbocycles. The Morgan fingerprint density at radius 3 is 2.76 bits per heavy atom. The van der Waals surface area contributed by atoms with Gasteiger partial charge in [-0.3, -0.25) is 9.69 Å². The van der Waals surface area contributed by atoms with Gasteiger partial charge in [0.1, 0.15) is 0 Å². The number of nitrogens with one attached hydrogen (secondary N) is 1. The second-order valence-corrected chi connectivity index (χ2v) is 6.61. The van der Waals surface area contributed by atoms with Crippen LogP contribution in [0.5, 0.6) is 0 Å². The van der Waals surface area contributed by atoms with E-state index < -0.39 is 0 Å². The van der Waals surface area contributed by atoms with Crippen LogP contribution in [-0.2, 0) is 4.79 Å². The van der Waals surface area contributed by atoms with Gasteiger partial charge in [0.15, 0.2) is 0 Å². The summed E-state index contributed by atoms with van der Waals surface area (Å²) >= 11 is 0. The van der Waals surface area contributed by atoms with Crippen molar-refractivity contribution in [2.45, 2.75) is 57.7 Å². The molecule has 1 aromatic carbocycles. The van der Waals surface area contributed by atoms with E-state index in [1.165, 1.54) is 31.4 Å². The van der Waals surface area contributed by atoms with Crippen LogP contribution >= 0.6 is 0 Å². The molecule has 3 heteroatoms. The highest BCUT2D eigenvalue weighted by Gasteiger charge is 2.42. The van der Waals surface area contributed by atoms with E-state index in [1.54, 1.807) is 0 Å². The Morgan fingerprint density at radius 2 is 2.05 bits per heavy atom. The fourth-order valence-corrected chi connectivity index (χ4v) is 4.00. The zero-order chi connectivity index (χ0) is 14.8. The Labute approximate surface area is 127 Å². The minimum absolute atomic E-state index is 0.0866. The second kappa shape index (κ2) is 6.18. The van der Waals surface area contributed by atoms with Crippen molar-refractivity contribution in [2.75, 3.05) is 6.54 Å². The molecule has 2 aliphatic heterocycles. The summed E-state index contributed by atoms with van der Waals surface area (Å²) in [6, 6.07) is 11.3. The first kappa shape index (κ1) is 14.6. The van der Waals surface area contributed by atoms with Crippen LogP contribution in [0.4, 0.5) is 0 Å². The SMILES string of the molecule is CC(NC(=O)C1CC2CCCCN2C1C)c1ccccc1. The Hall–Kier alpha value is -1.35. The van der Waals surface area contributed by atoms with E-state index in [2.05, 4.69) is 36.2 Å². The molecular formula is C18H26N2O. The maximum atomic E-state index is 12.6. The fourth-order valence-electron chi connectivity index (χ4n) is 4.00. The number of fused-ring (bicyclic) bond motifs is 1. The van der Waals surface area contributed by atoms with Gasteiger partial charge in [0.05, 0.1) is 12.0 Å². The molecule has 0 saturated carbocycles. The number of hydrogen-bond acceptors (Lipinski definition) is 2. The van der Waals surface area contributed by atoms with Crippen LogP contribution in [0.25, 0.3) is 0 Å². The van der Waals surface area contributed by atoms with Gasteiger partial charge in [0, 0.05) is 12.1 Å². The molecule has 2 aliphatic rings. The number of carbonyl (C=O) groups is 1. The second-order valence-electron chi connectivity index (χ2n) is 6.61. The average molecular weight is 286 g/mol. The number of nitrogens with zero attached hydrogens (tertiary/aromatic N) is 1. The minimum Gasteiger partial charge on any atom is -0.349 e. The van der Waals surface area contributed by atoms with Crippen molar-refractivity contribution in [3.63, 3.8) is 0 Å². The lowest BCUT2D eigenvalue weighted by atomic mass is 9.96. The van der Waals surface area contributed by atoms with Gasteiger partial charge in [-0.15, -0.1) is 0 Å². The van der Waals surface area contributed by atoms with Crippen LogP contribution in [0.15, 0.2) is 30.3 Å². The monoisotopic (exact) mass is 286 g/mol. The number of carbonyl (C=O) groups excluding carboxylic acids is 1. The average Bonchev–Trinajstić information content (AvgIpc) is 2.86. The summed E-state index contributed by atoms with van der Waals surface area (Å²) < 4.78 is 0. The van der Waals surface area contributed by atoms with E-state index >= 15 is 0 Å². The molecule has 114 valence electrons. The molecule has 2 fully saturated rings. The largest absolute Gasteiger partial charge is 0.349 e. The molecule has 0 spiro atoms. The molecule has 1 N–H and O–H groups in total. The normalized spacial score (nSPS) is 30.7. The number of hydrogen-bond donors (Lipinski definition) is 1. The van der Waals surface area contributed by atoms with E-state index in [4.69, 9.17) is 0 Å². The topological polar surface area (TPSA) is 32.3 Å². The van der Waals surface area contributed by atoms with E-state index in [9.17, 15) is 4.79 Å². The van der Waals surface area contributed by atoms with Gasteiger partial charge in [-0.05, 0) is 45.2 Å². The molecule has 0 bridgehead atoms. The van der Waals surface area contributed by atoms with E-state index in [0.29, 0.717) is 12.1 Å². The first-order chi connectivity index (χ1) is 10.2. The van der Waals surface area contributed by atoms with Gasteiger partial charge in [0.2, 0.25) is 5.91 Å². The summed E-state index contributed by atoms with van der Waals surface area (Å²) in [5, 5.41) is 3.21. The summed E-state index contributed by atoms with van der Waals surface area (Å²) in [5.74, 6) is 0.382. The van der Waals surface area contributed by atoms with E-state index in [0.717, 1.165) is 6.42 Å². The molecule has 1 amide bonds. The molecule has 2 heterocycles. The fraction of sp³-hybridized carbons (Fsp3) is 0.611. The number of amides is 1. The van der Waals surface area contributed by atoms with Crippen molar-refractivity contribution in [1.82, 2.24) is 10.2 Å². The van der Waals surface area contributed by atoms with Crippen molar-refractivity contribution in [1.29, 1.82) is 0 Å². The third-order valence-corrected chi connectivity index (χ3v) is 5.30. The van der Waals surface area contributed by atoms with Crippen LogP contribution in [0.3, 0.4) is 0 Å². The van der Waals surface area contributed by atoms with Crippen molar-refractivity contribution in [3.8, 4) is 0 Å². The molecule has 3 rings (SSSR count). The lowest BCUT2D eigenvalue weighted by Gasteiger charge is -2.32. The number of benzene rings is 1. The Morgan fingerprint density at radius 1 is 1.29 bits per heavy atom. The zero-order valence-corrected chi connectivity index (χ0v) is 13.1. The summed E-state index contributed by atoms with van der Waals surface area (Å²) in [5.41, 5.74) is 1.18. The zero-order valence-electron chi connectivity index (χ0n) is 13.1. The highest BCUT2D eigenvalue weighted by Crippen LogP contribution is 2.35. The molecule has 0 radical (unpaired) electrons. The predicted octanol–water partition coefficient (Wildman–Crippen LogP) is 3.13. The standard InChI is InChI=1S/C18H26N2O/c1-13(15-8-4-3-5-9-15)19-18(21)17-12-16-10-6-7-11-20(16)14(17)2/h3-5,8-9,13-14,16-17H,6-7,10-12H2,1-2H3,(H,19,21). The quantitative estimate of drug-likeness (QED) is 0.926. The van der Waals surface area contributed by atoms with E-state index in [1.807, 2.05) is 18.2 Å². The lowest BCUT2D eigenvalue weighted by molar-refractivity contribution is -0.126. The maximum absolute atomic E-state index is 12.6. The van der Waals surface area contributed by atoms with Crippen molar-refractivity contribution >= 4 is 5.91 Å². The Kier molecular flexibility index (Phi) is 4.29. The molecule has 4 atom stereocenters. The molecule has 0 aromatic heterocycles. The van der Waals surface area contributed by atoms with Crippen LogP contribution < -0.4 is 5.32 Å². The third kappa shape index (κ3) is 2.98. The molecule has 21 heavy (non-hydrogen) atoms. The van der Waals surface area contributed by atoms with Crippen LogP contribution in [0.2, 0.25) is 0 Å². The van der Waals surface area contributed by atoms with Gasteiger partial charge < -0.3 is 5.32 Å². The Bertz CT molecular complexity index is 487. The van der Waals surface area contributed by atoms with Crippen molar-refractivity contribution in [2.24, 2.45) is 5.92 Å². The van der Waals surface area contributed by atoms with Crippen molar-refractivity contribution < 1.29 is 4.79 Å².